The van der Waals surface area contributed by atoms with Gasteiger partial charge in [0.25, 0.3) is 0 Å². The van der Waals surface area contributed by atoms with Crippen molar-refractivity contribution in [3.63, 3.8) is 0 Å². The van der Waals surface area contributed by atoms with Gasteiger partial charge in [-0.3, -0.25) is 0 Å². The highest BCUT2D eigenvalue weighted by atomic mass is 79.9. The summed E-state index contributed by atoms with van der Waals surface area (Å²) in [4.78, 5) is 0. The van der Waals surface area contributed by atoms with Crippen molar-refractivity contribution in [2.75, 3.05) is 14.2 Å². The van der Waals surface area contributed by atoms with Gasteiger partial charge >= 0.3 is 0 Å². The van der Waals surface area contributed by atoms with Gasteiger partial charge in [0.15, 0.2) is 11.5 Å². The van der Waals surface area contributed by atoms with Crippen LogP contribution in [0.15, 0.2) is 46.9 Å². The van der Waals surface area contributed by atoms with E-state index in [9.17, 15) is 0 Å². The predicted molar refractivity (Wildman–Crippen MR) is 88.9 cm³/mol. The van der Waals surface area contributed by atoms with Crippen molar-refractivity contribution in [2.45, 2.75) is 19.5 Å². The van der Waals surface area contributed by atoms with Gasteiger partial charge in [0.05, 0.1) is 14.2 Å². The van der Waals surface area contributed by atoms with Crippen LogP contribution < -0.4 is 14.8 Å². The summed E-state index contributed by atoms with van der Waals surface area (Å²) in [5.41, 5.74) is 2.33. The first kappa shape index (κ1) is 15.9. The maximum atomic E-state index is 5.45. The van der Waals surface area contributed by atoms with Crippen LogP contribution in [0.4, 0.5) is 0 Å². The predicted octanol–water partition coefficient (Wildman–Crippen LogP) is 4.32. The molecule has 1 N–H and O–H groups in total. The van der Waals surface area contributed by atoms with Crippen molar-refractivity contribution < 1.29 is 9.47 Å². The molecular formula is C17H20BrNO2. The molecular weight excluding hydrogens is 330 g/mol. The zero-order valence-corrected chi connectivity index (χ0v) is 14.1. The topological polar surface area (TPSA) is 30.5 Å². The molecule has 3 nitrogen and oxygen atoms in total. The van der Waals surface area contributed by atoms with Gasteiger partial charge < -0.3 is 14.8 Å². The third-order valence-electron chi connectivity index (χ3n) is 3.45. The standard InChI is InChI=1S/C17H20BrNO2/c1-12(13-7-9-15(18)10-8-13)19-11-14-5-4-6-16(20-2)17(14)21-3/h4-10,12,19H,11H2,1-3H3/t12-/m0/s1. The Labute approximate surface area is 134 Å². The maximum absolute atomic E-state index is 5.45. The first-order chi connectivity index (χ1) is 10.2. The van der Waals surface area contributed by atoms with Crippen molar-refractivity contribution in [3.8, 4) is 11.5 Å². The molecule has 0 unspecified atom stereocenters. The molecule has 0 bridgehead atoms. The molecule has 4 heteroatoms. The Balaban J connectivity index is 2.07. The van der Waals surface area contributed by atoms with Crippen LogP contribution in [-0.2, 0) is 6.54 Å². The lowest BCUT2D eigenvalue weighted by molar-refractivity contribution is 0.350. The number of hydrogen-bond acceptors (Lipinski definition) is 3. The van der Waals surface area contributed by atoms with Gasteiger partial charge in [-0.25, -0.2) is 0 Å². The molecule has 2 aromatic carbocycles. The number of rotatable bonds is 6. The Morgan fingerprint density at radius 1 is 1.05 bits per heavy atom. The Morgan fingerprint density at radius 3 is 2.38 bits per heavy atom. The smallest absolute Gasteiger partial charge is 0.165 e. The highest BCUT2D eigenvalue weighted by Gasteiger charge is 2.11. The molecule has 2 aromatic rings. The van der Waals surface area contributed by atoms with Crippen LogP contribution in [0.1, 0.15) is 24.1 Å². The molecule has 21 heavy (non-hydrogen) atoms. The minimum Gasteiger partial charge on any atom is -0.493 e. The molecule has 2 rings (SSSR count). The number of para-hydroxylation sites is 1. The zero-order valence-electron chi connectivity index (χ0n) is 12.5. The van der Waals surface area contributed by atoms with Gasteiger partial charge in [0.1, 0.15) is 0 Å². The molecule has 0 spiro atoms. The normalized spacial score (nSPS) is 12.0. The van der Waals surface area contributed by atoms with Crippen LogP contribution in [0.25, 0.3) is 0 Å². The van der Waals surface area contributed by atoms with Crippen molar-refractivity contribution in [3.05, 3.63) is 58.1 Å². The summed E-state index contributed by atoms with van der Waals surface area (Å²) in [6.45, 7) is 2.87. The van der Waals surface area contributed by atoms with Crippen LogP contribution in [0.2, 0.25) is 0 Å². The molecule has 0 radical (unpaired) electrons. The van der Waals surface area contributed by atoms with Crippen molar-refractivity contribution >= 4 is 15.9 Å². The summed E-state index contributed by atoms with van der Waals surface area (Å²) < 4.78 is 11.9. The fourth-order valence-electron chi connectivity index (χ4n) is 2.23. The number of ether oxygens (including phenoxy) is 2. The second-order valence-electron chi connectivity index (χ2n) is 4.81. The number of benzene rings is 2. The van der Waals surface area contributed by atoms with Crippen molar-refractivity contribution in [2.24, 2.45) is 0 Å². The molecule has 0 heterocycles. The van der Waals surface area contributed by atoms with Gasteiger partial charge in [-0.15, -0.1) is 0 Å². The number of nitrogens with one attached hydrogen (secondary N) is 1. The van der Waals surface area contributed by atoms with Crippen molar-refractivity contribution in [1.29, 1.82) is 0 Å². The molecule has 112 valence electrons. The summed E-state index contributed by atoms with van der Waals surface area (Å²) in [6, 6.07) is 14.5. The van der Waals surface area contributed by atoms with Crippen molar-refractivity contribution in [1.82, 2.24) is 5.32 Å². The summed E-state index contributed by atoms with van der Waals surface area (Å²) in [6.07, 6.45) is 0. The lowest BCUT2D eigenvalue weighted by Gasteiger charge is -2.17. The average Bonchev–Trinajstić information content (AvgIpc) is 2.52. The summed E-state index contributed by atoms with van der Waals surface area (Å²) in [7, 11) is 3.32. The van der Waals surface area contributed by atoms with E-state index in [1.165, 1.54) is 5.56 Å². The monoisotopic (exact) mass is 349 g/mol. The lowest BCUT2D eigenvalue weighted by Crippen LogP contribution is -2.18. The van der Waals surface area contributed by atoms with Crippen LogP contribution in [0.3, 0.4) is 0 Å². The second-order valence-corrected chi connectivity index (χ2v) is 5.72. The van der Waals surface area contributed by atoms with Gasteiger partial charge in [-0.2, -0.15) is 0 Å². The van der Waals surface area contributed by atoms with E-state index in [4.69, 9.17) is 9.47 Å². The van der Waals surface area contributed by atoms with Crippen LogP contribution >= 0.6 is 15.9 Å². The van der Waals surface area contributed by atoms with E-state index >= 15 is 0 Å². The fourth-order valence-corrected chi connectivity index (χ4v) is 2.49. The highest BCUT2D eigenvalue weighted by molar-refractivity contribution is 9.10. The fraction of sp³-hybridized carbons (Fsp3) is 0.294. The number of methoxy groups -OCH3 is 2. The van der Waals surface area contributed by atoms with E-state index in [2.05, 4.69) is 52.4 Å². The van der Waals surface area contributed by atoms with Gasteiger partial charge in [-0.05, 0) is 30.7 Å². The minimum absolute atomic E-state index is 0.258. The van der Waals surface area contributed by atoms with Crippen LogP contribution in [-0.4, -0.2) is 14.2 Å². The maximum Gasteiger partial charge on any atom is 0.165 e. The van der Waals surface area contributed by atoms with E-state index in [-0.39, 0.29) is 6.04 Å². The van der Waals surface area contributed by atoms with E-state index in [0.717, 1.165) is 28.1 Å². The highest BCUT2D eigenvalue weighted by Crippen LogP contribution is 2.31. The molecule has 0 aromatic heterocycles. The van der Waals surface area contributed by atoms with Crippen LogP contribution in [0.5, 0.6) is 11.5 Å². The molecule has 0 aliphatic rings. The largest absolute Gasteiger partial charge is 0.493 e. The van der Waals surface area contributed by atoms with Gasteiger partial charge in [-0.1, -0.05) is 40.2 Å². The Kier molecular flexibility index (Phi) is 5.65. The third-order valence-corrected chi connectivity index (χ3v) is 3.98. The SMILES string of the molecule is COc1cccc(CN[C@@H](C)c2ccc(Br)cc2)c1OC. The van der Waals surface area contributed by atoms with Gasteiger partial charge in [0, 0.05) is 22.6 Å². The van der Waals surface area contributed by atoms with Crippen LogP contribution in [0, 0.1) is 0 Å². The van der Waals surface area contributed by atoms with E-state index in [1.807, 2.05) is 18.2 Å². The molecule has 0 fully saturated rings. The Morgan fingerprint density at radius 2 is 1.76 bits per heavy atom. The molecule has 0 amide bonds. The zero-order chi connectivity index (χ0) is 15.2. The summed E-state index contributed by atoms with van der Waals surface area (Å²) in [5, 5.41) is 3.51. The first-order valence-electron chi connectivity index (χ1n) is 6.84. The first-order valence-corrected chi connectivity index (χ1v) is 7.63. The number of hydrogen-bond donors (Lipinski definition) is 1. The van der Waals surface area contributed by atoms with E-state index in [0.29, 0.717) is 0 Å². The Hall–Kier alpha value is -1.52. The Bertz CT molecular complexity index is 584. The van der Waals surface area contributed by atoms with Gasteiger partial charge in [0.2, 0.25) is 0 Å². The molecule has 0 saturated heterocycles. The quantitative estimate of drug-likeness (QED) is 0.842. The summed E-state index contributed by atoms with van der Waals surface area (Å²) in [5.74, 6) is 1.55. The van der Waals surface area contributed by atoms with E-state index < -0.39 is 0 Å². The minimum atomic E-state index is 0.258. The third kappa shape index (κ3) is 3.99. The molecule has 0 aliphatic carbocycles. The lowest BCUT2D eigenvalue weighted by atomic mass is 10.1. The molecule has 0 saturated carbocycles. The van der Waals surface area contributed by atoms with E-state index in [1.54, 1.807) is 14.2 Å². The molecule has 1 atom stereocenters. The average molecular weight is 350 g/mol. The number of halogens is 1. The second kappa shape index (κ2) is 7.48. The summed E-state index contributed by atoms with van der Waals surface area (Å²) >= 11 is 3.45. The molecule has 0 aliphatic heterocycles.